The van der Waals surface area contributed by atoms with E-state index >= 15 is 0 Å². The van der Waals surface area contributed by atoms with Gasteiger partial charge in [-0.3, -0.25) is 0 Å². The molecule has 0 aromatic heterocycles. The molecular formula is C14H17FN2. The number of benzene rings is 1. The molecule has 0 saturated carbocycles. The van der Waals surface area contributed by atoms with E-state index in [-0.39, 0.29) is 5.56 Å². The largest absolute Gasteiger partial charge is 0.317 e. The maximum atomic E-state index is 13.2. The summed E-state index contributed by atoms with van der Waals surface area (Å²) in [5.41, 5.74) is 1.23. The number of nitrogens with one attached hydrogen (secondary N) is 1. The zero-order valence-corrected chi connectivity index (χ0v) is 10.0. The monoisotopic (exact) mass is 232 g/mol. The van der Waals surface area contributed by atoms with Crippen LogP contribution < -0.4 is 5.32 Å². The van der Waals surface area contributed by atoms with E-state index in [0.717, 1.165) is 31.5 Å². The van der Waals surface area contributed by atoms with Crippen LogP contribution in [0, 0.1) is 23.1 Å². The van der Waals surface area contributed by atoms with Crippen molar-refractivity contribution in [1.82, 2.24) is 5.32 Å². The molecule has 1 atom stereocenters. The lowest BCUT2D eigenvalue weighted by Gasteiger charge is -2.28. The zero-order chi connectivity index (χ0) is 12.3. The van der Waals surface area contributed by atoms with Gasteiger partial charge in [-0.05, 0) is 55.5 Å². The summed E-state index contributed by atoms with van der Waals surface area (Å²) in [5, 5.41) is 12.2. The zero-order valence-electron chi connectivity index (χ0n) is 10.0. The third kappa shape index (κ3) is 2.65. The fourth-order valence-electron chi connectivity index (χ4n) is 2.53. The Morgan fingerprint density at radius 2 is 2.12 bits per heavy atom. The van der Waals surface area contributed by atoms with E-state index in [1.165, 1.54) is 6.07 Å². The first-order valence-electron chi connectivity index (χ1n) is 6.12. The molecule has 0 spiro atoms. The van der Waals surface area contributed by atoms with Crippen molar-refractivity contribution in [3.63, 3.8) is 0 Å². The minimum Gasteiger partial charge on any atom is -0.317 e. The third-order valence-electron chi connectivity index (χ3n) is 3.73. The van der Waals surface area contributed by atoms with Gasteiger partial charge in [0.15, 0.2) is 0 Å². The van der Waals surface area contributed by atoms with Crippen LogP contribution in [-0.2, 0) is 0 Å². The predicted molar refractivity (Wildman–Crippen MR) is 65.1 cm³/mol. The second-order valence-corrected chi connectivity index (χ2v) is 4.73. The minimum atomic E-state index is -0.422. The van der Waals surface area contributed by atoms with Gasteiger partial charge >= 0.3 is 0 Å². The van der Waals surface area contributed by atoms with Gasteiger partial charge < -0.3 is 5.32 Å². The molecule has 1 aliphatic heterocycles. The van der Waals surface area contributed by atoms with Crippen LogP contribution >= 0.6 is 0 Å². The lowest BCUT2D eigenvalue weighted by atomic mass is 9.81. The maximum absolute atomic E-state index is 13.2. The highest BCUT2D eigenvalue weighted by atomic mass is 19.1. The normalized spacial score (nSPS) is 18.6. The average molecular weight is 232 g/mol. The van der Waals surface area contributed by atoms with Gasteiger partial charge in [0.25, 0.3) is 0 Å². The minimum absolute atomic E-state index is 0.156. The molecule has 90 valence electrons. The number of nitriles is 1. The van der Waals surface area contributed by atoms with Crippen molar-refractivity contribution in [2.45, 2.75) is 25.7 Å². The number of hydrogen-bond donors (Lipinski definition) is 1. The Hall–Kier alpha value is -1.40. The van der Waals surface area contributed by atoms with E-state index in [0.29, 0.717) is 11.8 Å². The van der Waals surface area contributed by atoms with Crippen LogP contribution in [-0.4, -0.2) is 13.1 Å². The summed E-state index contributed by atoms with van der Waals surface area (Å²) in [5.74, 6) is 0.604. The van der Waals surface area contributed by atoms with Crippen LogP contribution in [0.3, 0.4) is 0 Å². The summed E-state index contributed by atoms with van der Waals surface area (Å²) >= 11 is 0. The fourth-order valence-corrected chi connectivity index (χ4v) is 2.53. The molecule has 1 fully saturated rings. The highest BCUT2D eigenvalue weighted by molar-refractivity contribution is 5.36. The van der Waals surface area contributed by atoms with Crippen molar-refractivity contribution in [3.05, 3.63) is 35.1 Å². The van der Waals surface area contributed by atoms with Crippen LogP contribution in [0.5, 0.6) is 0 Å². The maximum Gasteiger partial charge on any atom is 0.140 e. The van der Waals surface area contributed by atoms with Crippen LogP contribution in [0.1, 0.15) is 36.8 Å². The number of piperidine rings is 1. The van der Waals surface area contributed by atoms with Gasteiger partial charge in [-0.15, -0.1) is 0 Å². The SMILES string of the molecule is CC(c1ccc(F)c(C#N)c1)C1CCNCC1. The number of nitrogens with zero attached hydrogens (tertiary/aromatic N) is 1. The lowest BCUT2D eigenvalue weighted by Crippen LogP contribution is -2.30. The molecule has 1 aromatic carbocycles. The van der Waals surface area contributed by atoms with Gasteiger partial charge in [-0.25, -0.2) is 4.39 Å². The first-order valence-corrected chi connectivity index (χ1v) is 6.12. The summed E-state index contributed by atoms with van der Waals surface area (Å²) in [6.07, 6.45) is 2.31. The van der Waals surface area contributed by atoms with Crippen LogP contribution in [0.25, 0.3) is 0 Å². The van der Waals surface area contributed by atoms with Crippen molar-refractivity contribution in [1.29, 1.82) is 5.26 Å². The van der Waals surface area contributed by atoms with E-state index in [1.54, 1.807) is 6.07 Å². The molecule has 2 nitrogen and oxygen atoms in total. The van der Waals surface area contributed by atoms with E-state index in [9.17, 15) is 4.39 Å². The molecular weight excluding hydrogens is 215 g/mol. The highest BCUT2D eigenvalue weighted by Crippen LogP contribution is 2.31. The van der Waals surface area contributed by atoms with E-state index in [2.05, 4.69) is 12.2 Å². The second kappa shape index (κ2) is 5.29. The molecule has 3 heteroatoms. The lowest BCUT2D eigenvalue weighted by molar-refractivity contribution is 0.330. The van der Waals surface area contributed by atoms with Gasteiger partial charge in [0.2, 0.25) is 0 Å². The smallest absolute Gasteiger partial charge is 0.140 e. The Morgan fingerprint density at radius 1 is 1.41 bits per heavy atom. The Morgan fingerprint density at radius 3 is 2.76 bits per heavy atom. The predicted octanol–water partition coefficient (Wildman–Crippen LogP) is 2.80. The number of halogens is 1. The third-order valence-corrected chi connectivity index (χ3v) is 3.73. The van der Waals surface area contributed by atoms with Gasteiger partial charge in [0.05, 0.1) is 5.56 Å². The first-order chi connectivity index (χ1) is 8.22. The number of hydrogen-bond acceptors (Lipinski definition) is 2. The molecule has 17 heavy (non-hydrogen) atoms. The van der Waals surface area contributed by atoms with Crippen molar-refractivity contribution >= 4 is 0 Å². The molecule has 1 heterocycles. The van der Waals surface area contributed by atoms with Crippen LogP contribution in [0.15, 0.2) is 18.2 Å². The molecule has 1 aromatic rings. The van der Waals surface area contributed by atoms with Gasteiger partial charge in [0.1, 0.15) is 11.9 Å². The van der Waals surface area contributed by atoms with Crippen molar-refractivity contribution < 1.29 is 4.39 Å². The van der Waals surface area contributed by atoms with Gasteiger partial charge in [0, 0.05) is 0 Å². The topological polar surface area (TPSA) is 35.8 Å². The molecule has 1 aliphatic rings. The summed E-state index contributed by atoms with van der Waals surface area (Å²) in [4.78, 5) is 0. The Balaban J connectivity index is 2.18. The summed E-state index contributed by atoms with van der Waals surface area (Å²) < 4.78 is 13.2. The fraction of sp³-hybridized carbons (Fsp3) is 0.500. The Bertz CT molecular complexity index is 430. The van der Waals surface area contributed by atoms with Crippen LogP contribution in [0.2, 0.25) is 0 Å². The first kappa shape index (κ1) is 12.1. The molecule has 0 radical (unpaired) electrons. The Kier molecular flexibility index (Phi) is 3.75. The quantitative estimate of drug-likeness (QED) is 0.851. The average Bonchev–Trinajstić information content (AvgIpc) is 2.39. The van der Waals surface area contributed by atoms with Gasteiger partial charge in [-0.1, -0.05) is 13.0 Å². The van der Waals surface area contributed by atoms with E-state index in [1.807, 2.05) is 12.1 Å². The molecule has 1 saturated heterocycles. The summed E-state index contributed by atoms with van der Waals surface area (Å²) in [6, 6.07) is 6.82. The standard InChI is InChI=1S/C14H17FN2/c1-10(11-4-6-17-7-5-11)12-2-3-14(15)13(8-12)9-16/h2-3,8,10-11,17H,4-7H2,1H3. The molecule has 0 aliphatic carbocycles. The second-order valence-electron chi connectivity index (χ2n) is 4.73. The van der Waals surface area contributed by atoms with Crippen molar-refractivity contribution in [2.75, 3.05) is 13.1 Å². The molecule has 0 bridgehead atoms. The van der Waals surface area contributed by atoms with E-state index < -0.39 is 5.82 Å². The van der Waals surface area contributed by atoms with Gasteiger partial charge in [-0.2, -0.15) is 5.26 Å². The molecule has 0 amide bonds. The van der Waals surface area contributed by atoms with E-state index in [4.69, 9.17) is 5.26 Å². The van der Waals surface area contributed by atoms with Crippen molar-refractivity contribution in [2.24, 2.45) is 5.92 Å². The number of rotatable bonds is 2. The highest BCUT2D eigenvalue weighted by Gasteiger charge is 2.21. The summed E-state index contributed by atoms with van der Waals surface area (Å²) in [7, 11) is 0. The van der Waals surface area contributed by atoms with Crippen LogP contribution in [0.4, 0.5) is 4.39 Å². The Labute approximate surface area is 101 Å². The summed E-state index contributed by atoms with van der Waals surface area (Å²) in [6.45, 7) is 4.28. The molecule has 1 N–H and O–H groups in total. The molecule has 2 rings (SSSR count). The molecule has 1 unspecified atom stereocenters. The van der Waals surface area contributed by atoms with Crippen molar-refractivity contribution in [3.8, 4) is 6.07 Å².